The summed E-state index contributed by atoms with van der Waals surface area (Å²) < 4.78 is 30.5. The number of hydrogen-bond donors (Lipinski definition) is 1. The third kappa shape index (κ3) is 1.59. The smallest absolute Gasteiger partial charge is 0.168 e. The maximum absolute atomic E-state index is 13.0. The summed E-state index contributed by atoms with van der Waals surface area (Å²) in [6.45, 7) is 0. The minimum Gasteiger partial charge on any atom is -0.505 e. The van der Waals surface area contributed by atoms with Crippen LogP contribution in [0.4, 0.5) is 8.78 Å². The van der Waals surface area contributed by atoms with E-state index in [0.717, 1.165) is 0 Å². The third-order valence-electron chi connectivity index (χ3n) is 1.72. The Kier molecular flexibility index (Phi) is 2.87. The van der Waals surface area contributed by atoms with Crippen LogP contribution < -0.4 is 4.74 Å². The summed E-state index contributed by atoms with van der Waals surface area (Å²) in [6, 6.07) is 2.19. The predicted molar refractivity (Wildman–Crippen MR) is 43.9 cm³/mol. The Balaban J connectivity index is 3.41. The fourth-order valence-corrected chi connectivity index (χ4v) is 1.10. The normalized spacial score (nSPS) is 9.57. The lowest BCUT2D eigenvalue weighted by molar-refractivity contribution is 0.364. The van der Waals surface area contributed by atoms with E-state index in [0.29, 0.717) is 6.07 Å². The van der Waals surface area contributed by atoms with Crippen LogP contribution in [0.25, 0.3) is 0 Å². The number of methoxy groups -OCH3 is 1. The minimum atomic E-state index is -1.10. The zero-order valence-corrected chi connectivity index (χ0v) is 7.34. The molecular formula is C9H7F2NO2. The Labute approximate surface area is 79.2 Å². The third-order valence-corrected chi connectivity index (χ3v) is 1.72. The van der Waals surface area contributed by atoms with E-state index >= 15 is 0 Å². The van der Waals surface area contributed by atoms with Gasteiger partial charge < -0.3 is 9.84 Å². The molecule has 0 atom stereocenters. The van der Waals surface area contributed by atoms with E-state index in [1.807, 2.05) is 0 Å². The van der Waals surface area contributed by atoms with Crippen LogP contribution in [0.5, 0.6) is 11.5 Å². The van der Waals surface area contributed by atoms with Crippen molar-refractivity contribution >= 4 is 0 Å². The van der Waals surface area contributed by atoms with Crippen LogP contribution in [-0.4, -0.2) is 12.2 Å². The van der Waals surface area contributed by atoms with Gasteiger partial charge in [-0.05, 0) is 0 Å². The topological polar surface area (TPSA) is 53.2 Å². The molecular weight excluding hydrogens is 192 g/mol. The molecule has 1 aromatic carbocycles. The molecule has 0 aliphatic heterocycles. The highest BCUT2D eigenvalue weighted by atomic mass is 19.1. The van der Waals surface area contributed by atoms with Crippen LogP contribution in [-0.2, 0) is 6.42 Å². The quantitative estimate of drug-likeness (QED) is 0.789. The first-order valence-corrected chi connectivity index (χ1v) is 3.72. The maximum atomic E-state index is 13.0. The summed E-state index contributed by atoms with van der Waals surface area (Å²) in [5.41, 5.74) is -0.174. The Morgan fingerprint density at radius 2 is 2.14 bits per heavy atom. The van der Waals surface area contributed by atoms with Crippen LogP contribution in [0.2, 0.25) is 0 Å². The molecule has 0 radical (unpaired) electrons. The summed E-state index contributed by atoms with van der Waals surface area (Å²) in [5, 5.41) is 17.6. The number of phenols is 1. The molecule has 5 heteroatoms. The van der Waals surface area contributed by atoms with Crippen molar-refractivity contribution in [2.24, 2.45) is 0 Å². The number of ether oxygens (including phenoxy) is 1. The van der Waals surface area contributed by atoms with Crippen molar-refractivity contribution in [3.63, 3.8) is 0 Å². The van der Waals surface area contributed by atoms with Gasteiger partial charge in [0, 0.05) is 6.07 Å². The zero-order valence-electron chi connectivity index (χ0n) is 7.34. The maximum Gasteiger partial charge on any atom is 0.168 e. The van der Waals surface area contributed by atoms with Gasteiger partial charge in [-0.25, -0.2) is 8.78 Å². The van der Waals surface area contributed by atoms with Crippen LogP contribution in [0, 0.1) is 23.0 Å². The van der Waals surface area contributed by atoms with Crippen molar-refractivity contribution in [1.29, 1.82) is 5.26 Å². The molecule has 3 nitrogen and oxygen atoms in total. The van der Waals surface area contributed by atoms with Gasteiger partial charge >= 0.3 is 0 Å². The van der Waals surface area contributed by atoms with E-state index in [2.05, 4.69) is 4.74 Å². The second kappa shape index (κ2) is 3.92. The fourth-order valence-electron chi connectivity index (χ4n) is 1.10. The Morgan fingerprint density at radius 1 is 1.50 bits per heavy atom. The summed E-state index contributed by atoms with van der Waals surface area (Å²) in [7, 11) is 1.18. The zero-order chi connectivity index (χ0) is 10.7. The molecule has 0 fully saturated rings. The molecule has 0 aromatic heterocycles. The number of benzene rings is 1. The average Bonchev–Trinajstić information content (AvgIpc) is 2.14. The fraction of sp³-hybridized carbons (Fsp3) is 0.222. The first kappa shape index (κ1) is 10.3. The van der Waals surface area contributed by atoms with Gasteiger partial charge in [0.2, 0.25) is 0 Å². The molecule has 0 bridgehead atoms. The van der Waals surface area contributed by atoms with Gasteiger partial charge in [0.15, 0.2) is 23.1 Å². The summed E-state index contributed by atoms with van der Waals surface area (Å²) in [6.07, 6.45) is -0.316. The number of aromatic hydroxyl groups is 1. The SMILES string of the molecule is COc1c(F)cc(F)c(O)c1CC#N. The Hall–Kier alpha value is -1.83. The molecule has 0 saturated carbocycles. The number of halogens is 2. The van der Waals surface area contributed by atoms with Gasteiger partial charge in [-0.3, -0.25) is 0 Å². The van der Waals surface area contributed by atoms with Gasteiger partial charge in [0.05, 0.1) is 25.2 Å². The number of hydrogen-bond acceptors (Lipinski definition) is 3. The van der Waals surface area contributed by atoms with Crippen molar-refractivity contribution in [3.05, 3.63) is 23.3 Å². The molecule has 0 aliphatic rings. The van der Waals surface area contributed by atoms with Gasteiger partial charge in [0.1, 0.15) is 0 Å². The molecule has 0 aliphatic carbocycles. The van der Waals surface area contributed by atoms with Gasteiger partial charge in [-0.15, -0.1) is 0 Å². The molecule has 0 heterocycles. The molecule has 14 heavy (non-hydrogen) atoms. The second-order valence-corrected chi connectivity index (χ2v) is 2.54. The van der Waals surface area contributed by atoms with Crippen LogP contribution in [0.3, 0.4) is 0 Å². The minimum absolute atomic E-state index is 0.174. The second-order valence-electron chi connectivity index (χ2n) is 2.54. The van der Waals surface area contributed by atoms with Crippen LogP contribution >= 0.6 is 0 Å². The molecule has 1 rings (SSSR count). The number of rotatable bonds is 2. The first-order valence-electron chi connectivity index (χ1n) is 3.72. The van der Waals surface area contributed by atoms with Gasteiger partial charge in [0.25, 0.3) is 0 Å². The largest absolute Gasteiger partial charge is 0.505 e. The highest BCUT2D eigenvalue weighted by Crippen LogP contribution is 2.33. The summed E-state index contributed by atoms with van der Waals surface area (Å²) in [5.74, 6) is -3.09. The predicted octanol–water partition coefficient (Wildman–Crippen LogP) is 1.75. The van der Waals surface area contributed by atoms with E-state index in [9.17, 15) is 13.9 Å². The lowest BCUT2D eigenvalue weighted by atomic mass is 10.1. The average molecular weight is 199 g/mol. The molecule has 0 amide bonds. The monoisotopic (exact) mass is 199 g/mol. The number of phenolic OH excluding ortho intramolecular Hbond substituents is 1. The Bertz CT molecular complexity index is 399. The van der Waals surface area contributed by atoms with Crippen LogP contribution in [0.15, 0.2) is 6.07 Å². The van der Waals surface area contributed by atoms with Gasteiger partial charge in [-0.1, -0.05) is 0 Å². The molecule has 0 saturated heterocycles. The molecule has 0 unspecified atom stereocenters. The van der Waals surface area contributed by atoms with Gasteiger partial charge in [-0.2, -0.15) is 5.26 Å². The Morgan fingerprint density at radius 3 is 2.64 bits per heavy atom. The standard InChI is InChI=1S/C9H7F2NO2/c1-14-9-5(2-3-12)8(13)6(10)4-7(9)11/h4,13H,2H2,1H3. The van der Waals surface area contributed by atoms with E-state index in [4.69, 9.17) is 5.26 Å². The summed E-state index contributed by atoms with van der Waals surface area (Å²) in [4.78, 5) is 0. The molecule has 1 aromatic rings. The molecule has 1 N–H and O–H groups in total. The lowest BCUT2D eigenvalue weighted by Gasteiger charge is -2.09. The number of nitriles is 1. The van der Waals surface area contributed by atoms with Crippen molar-refractivity contribution < 1.29 is 18.6 Å². The van der Waals surface area contributed by atoms with E-state index in [1.165, 1.54) is 7.11 Å². The van der Waals surface area contributed by atoms with E-state index < -0.39 is 17.4 Å². The van der Waals surface area contributed by atoms with Crippen molar-refractivity contribution in [2.75, 3.05) is 7.11 Å². The van der Waals surface area contributed by atoms with Crippen molar-refractivity contribution in [2.45, 2.75) is 6.42 Å². The highest BCUT2D eigenvalue weighted by molar-refractivity contribution is 5.47. The van der Waals surface area contributed by atoms with E-state index in [-0.39, 0.29) is 17.7 Å². The molecule has 74 valence electrons. The summed E-state index contributed by atoms with van der Waals surface area (Å²) >= 11 is 0. The lowest BCUT2D eigenvalue weighted by Crippen LogP contribution is -1.97. The number of nitrogens with zero attached hydrogens (tertiary/aromatic N) is 1. The van der Waals surface area contributed by atoms with Crippen molar-refractivity contribution in [1.82, 2.24) is 0 Å². The molecule has 0 spiro atoms. The van der Waals surface area contributed by atoms with Crippen LogP contribution in [0.1, 0.15) is 5.56 Å². The first-order chi connectivity index (χ1) is 6.61. The van der Waals surface area contributed by atoms with Crippen molar-refractivity contribution in [3.8, 4) is 17.6 Å². The van der Waals surface area contributed by atoms with E-state index in [1.54, 1.807) is 6.07 Å². The highest BCUT2D eigenvalue weighted by Gasteiger charge is 2.18.